The van der Waals surface area contributed by atoms with Crippen LogP contribution in [0.4, 0.5) is 0 Å². The fraction of sp³-hybridized carbons (Fsp3) is 0.0952. The molecule has 5 rings (SSSR count). The number of halogens is 2. The Kier molecular flexibility index (Phi) is 4.30. The molecule has 2 aromatic carbocycles. The first kappa shape index (κ1) is 18.7. The van der Waals surface area contributed by atoms with Crippen LogP contribution < -0.4 is 11.2 Å². The minimum atomic E-state index is -0.480. The van der Waals surface area contributed by atoms with Gasteiger partial charge < -0.3 is 4.42 Å². The van der Waals surface area contributed by atoms with Crippen LogP contribution in [0.3, 0.4) is 0 Å². The van der Waals surface area contributed by atoms with E-state index in [1.165, 1.54) is 4.57 Å². The zero-order valence-electron chi connectivity index (χ0n) is 15.7. The molecule has 0 saturated carbocycles. The fourth-order valence-corrected chi connectivity index (χ4v) is 3.76. The van der Waals surface area contributed by atoms with Crippen LogP contribution in [0.1, 0.15) is 5.56 Å². The van der Waals surface area contributed by atoms with Crippen molar-refractivity contribution < 1.29 is 4.42 Å². The SMILES string of the molecule is Cn1c(=O)n(Cc2ccccc2Cl)c(=O)c2c1nc1oc(-c3ccc(Cl)cc3)cn12. The average Bonchev–Trinajstić information content (AvgIpc) is 3.29. The lowest BCUT2D eigenvalue weighted by atomic mass is 10.2. The third kappa shape index (κ3) is 2.86. The molecule has 0 radical (unpaired) electrons. The number of aromatic nitrogens is 4. The number of oxazole rings is 1. The molecule has 0 amide bonds. The maximum absolute atomic E-state index is 13.3. The molecular formula is C21H14Cl2N4O3. The summed E-state index contributed by atoms with van der Waals surface area (Å²) in [7, 11) is 1.57. The number of imidazole rings is 1. The van der Waals surface area contributed by atoms with Crippen LogP contribution in [0.2, 0.25) is 10.0 Å². The average molecular weight is 441 g/mol. The Morgan fingerprint density at radius 3 is 2.50 bits per heavy atom. The summed E-state index contributed by atoms with van der Waals surface area (Å²) in [6, 6.07) is 14.2. The summed E-state index contributed by atoms with van der Waals surface area (Å²) in [5.74, 6) is 0.750. The lowest BCUT2D eigenvalue weighted by Gasteiger charge is -2.09. The topological polar surface area (TPSA) is 74.4 Å². The predicted octanol–water partition coefficient (Wildman–Crippen LogP) is 3.96. The van der Waals surface area contributed by atoms with Gasteiger partial charge in [-0.1, -0.05) is 41.4 Å². The van der Waals surface area contributed by atoms with Crippen LogP contribution in [0, 0.1) is 0 Å². The number of hydrogen-bond donors (Lipinski definition) is 0. The van der Waals surface area contributed by atoms with Gasteiger partial charge in [0, 0.05) is 22.7 Å². The first-order valence-corrected chi connectivity index (χ1v) is 9.80. The minimum Gasteiger partial charge on any atom is -0.423 e. The van der Waals surface area contributed by atoms with Gasteiger partial charge in [0.1, 0.15) is 0 Å². The highest BCUT2D eigenvalue weighted by Crippen LogP contribution is 2.26. The zero-order valence-corrected chi connectivity index (χ0v) is 17.2. The van der Waals surface area contributed by atoms with E-state index in [4.69, 9.17) is 27.6 Å². The molecule has 9 heteroatoms. The van der Waals surface area contributed by atoms with Crippen molar-refractivity contribution in [2.45, 2.75) is 6.54 Å². The van der Waals surface area contributed by atoms with Crippen LogP contribution in [-0.4, -0.2) is 18.5 Å². The standard InChI is InChI=1S/C21H14Cl2N4O3/c1-25-18-17(19(28)27(21(25)29)10-13-4-2-3-5-15(13)23)26-11-16(30-20(26)24-18)12-6-8-14(22)9-7-12/h2-9,11H,10H2,1H3. The summed E-state index contributed by atoms with van der Waals surface area (Å²) < 4.78 is 9.87. The molecule has 0 bridgehead atoms. The van der Waals surface area contributed by atoms with Crippen molar-refractivity contribution in [1.82, 2.24) is 18.5 Å². The second kappa shape index (κ2) is 6.90. The Morgan fingerprint density at radius 2 is 1.77 bits per heavy atom. The predicted molar refractivity (Wildman–Crippen MR) is 115 cm³/mol. The highest BCUT2D eigenvalue weighted by atomic mass is 35.5. The Bertz CT molecular complexity index is 1540. The molecule has 0 N–H and O–H groups in total. The van der Waals surface area contributed by atoms with Gasteiger partial charge in [0.25, 0.3) is 5.56 Å². The number of rotatable bonds is 3. The third-order valence-electron chi connectivity index (χ3n) is 5.01. The summed E-state index contributed by atoms with van der Waals surface area (Å²) >= 11 is 12.2. The van der Waals surface area contributed by atoms with Gasteiger partial charge in [0.2, 0.25) is 0 Å². The smallest absolute Gasteiger partial charge is 0.332 e. The van der Waals surface area contributed by atoms with Crippen LogP contribution >= 0.6 is 23.2 Å². The first-order chi connectivity index (χ1) is 14.4. The van der Waals surface area contributed by atoms with Crippen molar-refractivity contribution in [3.8, 4) is 11.3 Å². The van der Waals surface area contributed by atoms with E-state index in [2.05, 4.69) is 4.98 Å². The van der Waals surface area contributed by atoms with E-state index >= 15 is 0 Å². The van der Waals surface area contributed by atoms with Crippen molar-refractivity contribution in [2.75, 3.05) is 0 Å². The van der Waals surface area contributed by atoms with E-state index < -0.39 is 11.2 Å². The van der Waals surface area contributed by atoms with Gasteiger partial charge in [0.15, 0.2) is 16.9 Å². The lowest BCUT2D eigenvalue weighted by molar-refractivity contribution is 0.610. The van der Waals surface area contributed by atoms with Gasteiger partial charge in [-0.25, -0.2) is 4.79 Å². The third-order valence-corrected chi connectivity index (χ3v) is 5.63. The molecule has 0 saturated heterocycles. The van der Waals surface area contributed by atoms with Gasteiger partial charge in [-0.15, -0.1) is 0 Å². The molecule has 0 atom stereocenters. The maximum Gasteiger partial charge on any atom is 0.332 e. The Labute approximate surface area is 179 Å². The molecule has 0 aliphatic carbocycles. The van der Waals surface area contributed by atoms with E-state index in [1.54, 1.807) is 54.0 Å². The van der Waals surface area contributed by atoms with Crippen molar-refractivity contribution in [3.05, 3.63) is 91.2 Å². The zero-order chi connectivity index (χ0) is 21.0. The summed E-state index contributed by atoms with van der Waals surface area (Å²) in [5, 5.41) is 1.09. The first-order valence-electron chi connectivity index (χ1n) is 9.05. The molecule has 30 heavy (non-hydrogen) atoms. The number of nitrogens with zero attached hydrogens (tertiary/aromatic N) is 4. The largest absolute Gasteiger partial charge is 0.423 e. The normalized spacial score (nSPS) is 11.6. The molecule has 3 aromatic heterocycles. The number of hydrogen-bond acceptors (Lipinski definition) is 4. The highest BCUT2D eigenvalue weighted by molar-refractivity contribution is 6.31. The number of aryl methyl sites for hydroxylation is 1. The minimum absolute atomic E-state index is 0.0518. The van der Waals surface area contributed by atoms with Crippen LogP contribution in [0.5, 0.6) is 0 Å². The van der Waals surface area contributed by atoms with Crippen molar-refractivity contribution >= 4 is 40.2 Å². The molecule has 3 heterocycles. The molecule has 7 nitrogen and oxygen atoms in total. The molecule has 0 unspecified atom stereocenters. The monoisotopic (exact) mass is 440 g/mol. The molecule has 0 fully saturated rings. The van der Waals surface area contributed by atoms with Crippen LogP contribution in [0.25, 0.3) is 28.3 Å². The second-order valence-corrected chi connectivity index (χ2v) is 7.71. The van der Waals surface area contributed by atoms with Crippen LogP contribution in [-0.2, 0) is 13.6 Å². The van der Waals surface area contributed by atoms with Crippen molar-refractivity contribution in [3.63, 3.8) is 0 Å². The summed E-state index contributed by atoms with van der Waals surface area (Å²) in [4.78, 5) is 30.5. The molecule has 0 spiro atoms. The quantitative estimate of drug-likeness (QED) is 0.425. The summed E-state index contributed by atoms with van der Waals surface area (Å²) in [5.41, 5.74) is 1.02. The Morgan fingerprint density at radius 1 is 1.03 bits per heavy atom. The summed E-state index contributed by atoms with van der Waals surface area (Å²) in [6.07, 6.45) is 1.68. The molecule has 5 aromatic rings. The highest BCUT2D eigenvalue weighted by Gasteiger charge is 2.20. The van der Waals surface area contributed by atoms with Gasteiger partial charge in [-0.3, -0.25) is 18.3 Å². The van der Waals surface area contributed by atoms with Gasteiger partial charge >= 0.3 is 11.5 Å². The van der Waals surface area contributed by atoms with Gasteiger partial charge in [0.05, 0.1) is 12.7 Å². The Hall–Kier alpha value is -3.29. The van der Waals surface area contributed by atoms with Crippen molar-refractivity contribution in [2.24, 2.45) is 7.05 Å². The maximum atomic E-state index is 13.3. The van der Waals surface area contributed by atoms with E-state index in [-0.39, 0.29) is 23.6 Å². The van der Waals surface area contributed by atoms with E-state index in [9.17, 15) is 9.59 Å². The fourth-order valence-electron chi connectivity index (χ4n) is 3.44. The van der Waals surface area contributed by atoms with E-state index in [0.29, 0.717) is 21.4 Å². The second-order valence-electron chi connectivity index (χ2n) is 6.86. The van der Waals surface area contributed by atoms with Gasteiger partial charge in [-0.05, 0) is 35.9 Å². The number of fused-ring (bicyclic) bond motifs is 3. The number of benzene rings is 2. The molecular weight excluding hydrogens is 427 g/mol. The molecule has 0 aliphatic heterocycles. The molecule has 150 valence electrons. The van der Waals surface area contributed by atoms with E-state index in [0.717, 1.165) is 10.1 Å². The van der Waals surface area contributed by atoms with E-state index in [1.807, 2.05) is 12.1 Å². The van der Waals surface area contributed by atoms with Crippen LogP contribution in [0.15, 0.2) is 68.7 Å². The van der Waals surface area contributed by atoms with Crippen molar-refractivity contribution in [1.29, 1.82) is 0 Å². The summed E-state index contributed by atoms with van der Waals surface area (Å²) in [6.45, 7) is 0.0518. The van der Waals surface area contributed by atoms with Gasteiger partial charge in [-0.2, -0.15) is 4.98 Å². The lowest BCUT2D eigenvalue weighted by Crippen LogP contribution is -2.39. The Balaban J connectivity index is 1.73. The molecule has 0 aliphatic rings.